The molecule has 2 amide bonds. The Morgan fingerprint density at radius 2 is 1.61 bits per heavy atom. The number of aliphatic carboxylic acids is 2. The molecular formula is C25H26N4O7. The van der Waals surface area contributed by atoms with Crippen LogP contribution in [0.25, 0.3) is 0 Å². The van der Waals surface area contributed by atoms with Crippen LogP contribution in [0.2, 0.25) is 0 Å². The summed E-state index contributed by atoms with van der Waals surface area (Å²) in [6.45, 7) is 2.88. The molecule has 0 bridgehead atoms. The van der Waals surface area contributed by atoms with Crippen molar-refractivity contribution in [2.24, 2.45) is 0 Å². The number of carboxylic acids is 2. The highest BCUT2D eigenvalue weighted by atomic mass is 16.6. The molecule has 188 valence electrons. The van der Waals surface area contributed by atoms with E-state index in [2.05, 4.69) is 29.2 Å². The molecule has 11 nitrogen and oxygen atoms in total. The van der Waals surface area contributed by atoms with Gasteiger partial charge in [0, 0.05) is 56.2 Å². The molecule has 2 aromatic rings. The Morgan fingerprint density at radius 3 is 2.19 bits per heavy atom. The lowest BCUT2D eigenvalue weighted by Gasteiger charge is -2.37. The van der Waals surface area contributed by atoms with Crippen LogP contribution in [0.3, 0.4) is 0 Å². The highest BCUT2D eigenvalue weighted by Gasteiger charge is 2.36. The van der Waals surface area contributed by atoms with Crippen LogP contribution in [-0.2, 0) is 16.1 Å². The van der Waals surface area contributed by atoms with Crippen LogP contribution in [0.15, 0.2) is 78.9 Å². The standard InChI is InChI=1S/C21H22N4O3.C4H4O4/c26-21-23(18-9-11-19(12-10-18)25(27)28)14-15-24(21)20-8-4-5-13-22(20)16-17-6-2-1-3-7-17;5-3(6)1-2-4(7)8/h1-4,6-12,20H,5,13-16H2;1-2H,(H,5,6)(H,7,8). The molecule has 2 heterocycles. The molecule has 0 spiro atoms. The third kappa shape index (κ3) is 7.00. The Labute approximate surface area is 207 Å². The van der Waals surface area contributed by atoms with Gasteiger partial charge >= 0.3 is 18.0 Å². The third-order valence-corrected chi connectivity index (χ3v) is 5.59. The Morgan fingerprint density at radius 1 is 0.972 bits per heavy atom. The summed E-state index contributed by atoms with van der Waals surface area (Å²) < 4.78 is 0. The predicted molar refractivity (Wildman–Crippen MR) is 131 cm³/mol. The van der Waals surface area contributed by atoms with E-state index in [0.29, 0.717) is 30.9 Å². The van der Waals surface area contributed by atoms with Gasteiger partial charge in [0.05, 0.1) is 4.92 Å². The maximum absolute atomic E-state index is 13.1. The van der Waals surface area contributed by atoms with Crippen LogP contribution in [0.1, 0.15) is 12.0 Å². The number of nitro groups is 1. The second kappa shape index (κ2) is 12.3. The number of carbonyl (C=O) groups is 3. The zero-order valence-corrected chi connectivity index (χ0v) is 19.3. The van der Waals surface area contributed by atoms with E-state index in [1.54, 1.807) is 17.0 Å². The molecule has 1 fully saturated rings. The fourth-order valence-corrected chi connectivity index (χ4v) is 3.94. The number of non-ortho nitro benzene ring substituents is 1. The van der Waals surface area contributed by atoms with Crippen molar-refractivity contribution in [2.45, 2.75) is 19.1 Å². The number of anilines is 1. The fraction of sp³-hybridized carbons (Fsp3) is 0.240. The second-order valence-electron chi connectivity index (χ2n) is 8.00. The van der Waals surface area contributed by atoms with Gasteiger partial charge in [-0.25, -0.2) is 14.4 Å². The lowest BCUT2D eigenvalue weighted by Crippen LogP contribution is -2.50. The van der Waals surface area contributed by atoms with Crippen molar-refractivity contribution in [1.29, 1.82) is 0 Å². The second-order valence-corrected chi connectivity index (χ2v) is 8.00. The number of carboxylic acid groups (broad SMARTS) is 2. The summed E-state index contributed by atoms with van der Waals surface area (Å²) in [6, 6.07) is 16.3. The first-order valence-electron chi connectivity index (χ1n) is 11.2. The molecule has 36 heavy (non-hydrogen) atoms. The van der Waals surface area contributed by atoms with Crippen molar-refractivity contribution in [3.63, 3.8) is 0 Å². The summed E-state index contributed by atoms with van der Waals surface area (Å²) in [5, 5.41) is 26.5. The molecule has 0 aliphatic carbocycles. The molecule has 4 rings (SSSR count). The van der Waals surface area contributed by atoms with E-state index in [1.165, 1.54) is 17.7 Å². The molecule has 1 saturated heterocycles. The molecule has 2 aliphatic heterocycles. The summed E-state index contributed by atoms with van der Waals surface area (Å²) >= 11 is 0. The number of urea groups is 1. The Hall–Kier alpha value is -4.51. The first-order chi connectivity index (χ1) is 17.3. The highest BCUT2D eigenvalue weighted by Crippen LogP contribution is 2.27. The maximum Gasteiger partial charge on any atom is 0.328 e. The number of nitrogens with zero attached hydrogens (tertiary/aromatic N) is 4. The average molecular weight is 495 g/mol. The lowest BCUT2D eigenvalue weighted by molar-refractivity contribution is -0.384. The highest BCUT2D eigenvalue weighted by molar-refractivity contribution is 5.94. The van der Waals surface area contributed by atoms with Gasteiger partial charge < -0.3 is 15.1 Å². The van der Waals surface area contributed by atoms with Gasteiger partial charge in [-0.05, 0) is 24.1 Å². The largest absolute Gasteiger partial charge is 0.478 e. The zero-order valence-electron chi connectivity index (χ0n) is 19.3. The third-order valence-electron chi connectivity index (χ3n) is 5.59. The van der Waals surface area contributed by atoms with E-state index < -0.39 is 16.9 Å². The summed E-state index contributed by atoms with van der Waals surface area (Å²) in [5.41, 5.74) is 1.94. The minimum atomic E-state index is -1.26. The van der Waals surface area contributed by atoms with Crippen molar-refractivity contribution in [3.05, 3.63) is 94.6 Å². The van der Waals surface area contributed by atoms with E-state index >= 15 is 0 Å². The van der Waals surface area contributed by atoms with Gasteiger partial charge in [-0.1, -0.05) is 42.5 Å². The number of amides is 2. The molecule has 2 aromatic carbocycles. The number of nitro benzene ring substituents is 1. The van der Waals surface area contributed by atoms with Crippen LogP contribution < -0.4 is 4.90 Å². The summed E-state index contributed by atoms with van der Waals surface area (Å²) in [5.74, 6) is -2.51. The van der Waals surface area contributed by atoms with Gasteiger partial charge in [0.25, 0.3) is 5.69 Å². The molecule has 11 heteroatoms. The summed E-state index contributed by atoms with van der Waals surface area (Å²) in [4.78, 5) is 48.5. The lowest BCUT2D eigenvalue weighted by atomic mass is 10.1. The molecule has 0 radical (unpaired) electrons. The number of hydrogen-bond acceptors (Lipinski definition) is 6. The first kappa shape index (κ1) is 26.1. The molecular weight excluding hydrogens is 468 g/mol. The van der Waals surface area contributed by atoms with Crippen molar-refractivity contribution >= 4 is 29.3 Å². The van der Waals surface area contributed by atoms with Gasteiger partial charge in [-0.3, -0.25) is 19.9 Å². The fourth-order valence-electron chi connectivity index (χ4n) is 3.94. The normalized spacial score (nSPS) is 17.7. The van der Waals surface area contributed by atoms with Crippen LogP contribution in [0.5, 0.6) is 0 Å². The quantitative estimate of drug-likeness (QED) is 0.258. The average Bonchev–Trinajstić information content (AvgIpc) is 3.25. The van der Waals surface area contributed by atoms with Gasteiger partial charge in [0.1, 0.15) is 6.17 Å². The van der Waals surface area contributed by atoms with E-state index in [4.69, 9.17) is 10.2 Å². The minimum absolute atomic E-state index is 0.0245. The van der Waals surface area contributed by atoms with E-state index in [1.807, 2.05) is 23.1 Å². The number of carbonyl (C=O) groups excluding carboxylic acids is 1. The Kier molecular flexibility index (Phi) is 8.89. The molecule has 1 atom stereocenters. The number of rotatable bonds is 7. The van der Waals surface area contributed by atoms with Crippen molar-refractivity contribution in [1.82, 2.24) is 9.80 Å². The smallest absolute Gasteiger partial charge is 0.328 e. The number of hydrogen-bond donors (Lipinski definition) is 2. The van der Waals surface area contributed by atoms with E-state index in [-0.39, 0.29) is 17.9 Å². The van der Waals surface area contributed by atoms with Crippen LogP contribution >= 0.6 is 0 Å². The topological polar surface area (TPSA) is 145 Å². The zero-order chi connectivity index (χ0) is 26.1. The Bertz CT molecular complexity index is 1130. The van der Waals surface area contributed by atoms with E-state index in [0.717, 1.165) is 19.5 Å². The Balaban J connectivity index is 0.000000392. The maximum atomic E-state index is 13.1. The van der Waals surface area contributed by atoms with Crippen LogP contribution in [0.4, 0.5) is 16.2 Å². The van der Waals surface area contributed by atoms with Crippen molar-refractivity contribution in [2.75, 3.05) is 24.5 Å². The predicted octanol–water partition coefficient (Wildman–Crippen LogP) is 3.34. The first-order valence-corrected chi connectivity index (χ1v) is 11.2. The van der Waals surface area contributed by atoms with Gasteiger partial charge in [-0.15, -0.1) is 0 Å². The molecule has 1 unspecified atom stereocenters. The van der Waals surface area contributed by atoms with Gasteiger partial charge in [0.2, 0.25) is 0 Å². The van der Waals surface area contributed by atoms with Crippen LogP contribution in [-0.4, -0.2) is 68.7 Å². The molecule has 0 saturated carbocycles. The minimum Gasteiger partial charge on any atom is -0.478 e. The van der Waals surface area contributed by atoms with Crippen LogP contribution in [0, 0.1) is 10.1 Å². The summed E-state index contributed by atoms with van der Waals surface area (Å²) in [7, 11) is 0. The monoisotopic (exact) mass is 494 g/mol. The number of benzene rings is 2. The van der Waals surface area contributed by atoms with Gasteiger partial charge in [-0.2, -0.15) is 0 Å². The van der Waals surface area contributed by atoms with Gasteiger partial charge in [0.15, 0.2) is 0 Å². The molecule has 0 aromatic heterocycles. The van der Waals surface area contributed by atoms with E-state index in [9.17, 15) is 24.5 Å². The van der Waals surface area contributed by atoms with Crippen molar-refractivity contribution < 1.29 is 29.5 Å². The molecule has 2 aliphatic rings. The SMILES string of the molecule is O=C(O)C=CC(=O)O.O=C1N(c2ccc([N+](=O)[O-])cc2)CCN1C1C=CCCN1Cc1ccccc1. The van der Waals surface area contributed by atoms with Crippen molar-refractivity contribution in [3.8, 4) is 0 Å². The molecule has 2 N–H and O–H groups in total. The summed E-state index contributed by atoms with van der Waals surface area (Å²) in [6.07, 6.45) is 6.24.